The summed E-state index contributed by atoms with van der Waals surface area (Å²) in [6.07, 6.45) is -3.64. The number of hydrogen-bond acceptors (Lipinski definition) is 8. The third-order valence-corrected chi connectivity index (χ3v) is 6.69. The number of anilines is 1. The van der Waals surface area contributed by atoms with Gasteiger partial charge in [-0.1, -0.05) is 0 Å². The van der Waals surface area contributed by atoms with Crippen LogP contribution in [0.25, 0.3) is 23.1 Å². The lowest BCUT2D eigenvalue weighted by molar-refractivity contribution is -0.686. The van der Waals surface area contributed by atoms with Crippen molar-refractivity contribution in [3.63, 3.8) is 0 Å². The number of hydrogen-bond donors (Lipinski definition) is 3. The Morgan fingerprint density at radius 1 is 1.21 bits per heavy atom. The van der Waals surface area contributed by atoms with Crippen LogP contribution < -0.4 is 25.7 Å². The highest BCUT2D eigenvalue weighted by Crippen LogP contribution is 2.23. The summed E-state index contributed by atoms with van der Waals surface area (Å²) in [4.78, 5) is 26.1. The van der Waals surface area contributed by atoms with Crippen molar-refractivity contribution >= 4 is 48.1 Å². The maximum absolute atomic E-state index is 12.6. The highest BCUT2D eigenvalue weighted by molar-refractivity contribution is 7.48. The minimum absolute atomic E-state index is 0.000856. The van der Waals surface area contributed by atoms with Crippen LogP contribution in [0.4, 0.5) is 18.9 Å². The fraction of sp³-hybridized carbons (Fsp3) is 0.320. The molecule has 2 aromatic heterocycles. The van der Waals surface area contributed by atoms with E-state index in [1.165, 1.54) is 35.0 Å². The fourth-order valence-electron chi connectivity index (χ4n) is 3.64. The quantitative estimate of drug-likeness (QED) is 0.130. The molecule has 2 heterocycles. The Balaban J connectivity index is 1.83. The number of aliphatic carboxylic acids is 1. The lowest BCUT2D eigenvalue weighted by atomic mass is 10.1. The van der Waals surface area contributed by atoms with Gasteiger partial charge in [-0.05, 0) is 42.7 Å². The van der Waals surface area contributed by atoms with E-state index in [2.05, 4.69) is 4.90 Å². The van der Waals surface area contributed by atoms with Crippen LogP contribution >= 0.6 is 8.03 Å². The second-order valence-electron chi connectivity index (χ2n) is 8.23. The summed E-state index contributed by atoms with van der Waals surface area (Å²) in [6.45, 7) is 4.22. The number of nitrogens with one attached hydrogen (secondary N) is 1. The van der Waals surface area contributed by atoms with Crippen LogP contribution in [0.15, 0.2) is 51.8 Å². The number of carboxylic acid groups (broad SMARTS) is 1. The first-order valence-corrected chi connectivity index (χ1v) is 12.9. The predicted molar refractivity (Wildman–Crippen MR) is 138 cm³/mol. The summed E-state index contributed by atoms with van der Waals surface area (Å²) < 4.78 is 61.0. The van der Waals surface area contributed by atoms with Crippen molar-refractivity contribution in [1.29, 1.82) is 0 Å². The van der Waals surface area contributed by atoms with Crippen molar-refractivity contribution in [2.75, 3.05) is 24.7 Å². The van der Waals surface area contributed by atoms with Gasteiger partial charge >= 0.3 is 25.8 Å². The summed E-state index contributed by atoms with van der Waals surface area (Å²) in [6, 6.07) is 9.95. The number of fused-ring (bicyclic) bond motifs is 1. The highest BCUT2D eigenvalue weighted by atomic mass is 31.1. The first kappa shape index (κ1) is 29.9. The number of pyridine rings is 1. The monoisotopic (exact) mass is 569 g/mol. The summed E-state index contributed by atoms with van der Waals surface area (Å²) >= 11 is 0. The number of benzene rings is 1. The smallest absolute Gasteiger partial charge is 0.477 e. The molecule has 1 aromatic carbocycles. The van der Waals surface area contributed by atoms with E-state index < -0.39 is 45.3 Å². The zero-order chi connectivity index (χ0) is 28.7. The molecule has 10 nitrogen and oxygen atoms in total. The molecule has 0 aliphatic carbocycles. The number of aliphatic hydroxyl groups is 1. The van der Waals surface area contributed by atoms with Crippen LogP contribution in [-0.4, -0.2) is 48.4 Å². The summed E-state index contributed by atoms with van der Waals surface area (Å²) in [5.41, 5.74) is 1.29. The van der Waals surface area contributed by atoms with Gasteiger partial charge < -0.3 is 19.5 Å². The van der Waals surface area contributed by atoms with Crippen LogP contribution in [0.5, 0.6) is 0 Å². The van der Waals surface area contributed by atoms with Gasteiger partial charge in [0, 0.05) is 48.4 Å². The molecule has 0 aliphatic heterocycles. The van der Waals surface area contributed by atoms with Gasteiger partial charge in [0.1, 0.15) is 5.58 Å². The molecule has 0 fully saturated rings. The average molecular weight is 569 g/mol. The van der Waals surface area contributed by atoms with Gasteiger partial charge in [-0.25, -0.2) is 9.59 Å². The van der Waals surface area contributed by atoms with Gasteiger partial charge in [0.15, 0.2) is 6.73 Å². The van der Waals surface area contributed by atoms with E-state index in [9.17, 15) is 32.4 Å². The number of aromatic nitrogens is 1. The van der Waals surface area contributed by atoms with Crippen LogP contribution in [0.1, 0.15) is 25.1 Å². The topological polar surface area (TPSA) is 133 Å². The number of rotatable bonds is 12. The Labute approximate surface area is 221 Å². The molecule has 208 valence electrons. The van der Waals surface area contributed by atoms with E-state index in [0.717, 1.165) is 18.8 Å². The van der Waals surface area contributed by atoms with Crippen LogP contribution in [0, 0.1) is 0 Å². The molecule has 3 aromatic rings. The molecule has 14 heteroatoms. The Kier molecular flexibility index (Phi) is 9.92. The standard InChI is InChI=1S/C25H26F3N3O7P/c1-3-30(4-2)19-8-5-16-11-17(23(34)38-21(16)12-19)6-7-18-9-10-20(13-31(18)14-22(32)33)39(36)37-15-29-24(35)25(26,27)28/h5-13,24,29,35H,3-4,14-15H2,1-2H3/q+1/p+1. The van der Waals surface area contributed by atoms with Gasteiger partial charge in [0.05, 0.1) is 5.56 Å². The summed E-state index contributed by atoms with van der Waals surface area (Å²) in [5, 5.41) is 20.5. The number of carbonyl (C=O) groups is 1. The van der Waals surface area contributed by atoms with Gasteiger partial charge in [-0.2, -0.15) is 17.7 Å². The fourth-order valence-corrected chi connectivity index (χ4v) is 4.41. The van der Waals surface area contributed by atoms with E-state index in [1.54, 1.807) is 17.4 Å². The molecular formula is C25H27F3N3O7P+2. The van der Waals surface area contributed by atoms with E-state index in [4.69, 9.17) is 14.0 Å². The molecule has 0 saturated heterocycles. The largest absolute Gasteiger partial charge is 0.556 e. The minimum atomic E-state index is -4.93. The number of aliphatic hydroxyl groups excluding tert-OH is 1. The second-order valence-corrected chi connectivity index (χ2v) is 9.52. The van der Waals surface area contributed by atoms with Crippen molar-refractivity contribution in [2.24, 2.45) is 0 Å². The van der Waals surface area contributed by atoms with Crippen LogP contribution in [0.3, 0.4) is 0 Å². The number of alkyl halides is 3. The maximum atomic E-state index is 12.6. The molecule has 0 aliphatic rings. The lowest BCUT2D eigenvalue weighted by Crippen LogP contribution is -2.43. The van der Waals surface area contributed by atoms with Gasteiger partial charge in [-0.15, -0.1) is 4.52 Å². The molecule has 2 atom stereocenters. The zero-order valence-electron chi connectivity index (χ0n) is 21.0. The van der Waals surface area contributed by atoms with Crippen LogP contribution in [0.2, 0.25) is 0 Å². The Morgan fingerprint density at radius 2 is 1.92 bits per heavy atom. The molecule has 3 N–H and O–H groups in total. The maximum Gasteiger partial charge on any atom is 0.556 e. The normalized spacial score (nSPS) is 13.1. The molecule has 2 unspecified atom stereocenters. The van der Waals surface area contributed by atoms with E-state index in [-0.39, 0.29) is 10.9 Å². The van der Waals surface area contributed by atoms with Gasteiger partial charge in [0.2, 0.25) is 24.7 Å². The van der Waals surface area contributed by atoms with Gasteiger partial charge in [-0.3, -0.25) is 5.32 Å². The van der Waals surface area contributed by atoms with Crippen LogP contribution in [-0.2, 0) is 20.4 Å². The van der Waals surface area contributed by atoms with Crippen molar-refractivity contribution < 1.29 is 46.3 Å². The molecule has 0 amide bonds. The summed E-state index contributed by atoms with van der Waals surface area (Å²) in [5.74, 6) is -1.22. The SMILES string of the molecule is CCN(CC)c1ccc2cc(C=Cc3ccc([P+](=O)OCNC(O)C(F)(F)F)c[n+]3CC(=O)O)c(=O)oc2c1. The molecule has 0 radical (unpaired) electrons. The van der Waals surface area contributed by atoms with Crippen molar-refractivity contribution in [1.82, 2.24) is 5.32 Å². The number of halogens is 3. The average Bonchev–Trinajstić information content (AvgIpc) is 2.87. The van der Waals surface area contributed by atoms with Gasteiger partial charge in [0.25, 0.3) is 5.30 Å². The van der Waals surface area contributed by atoms with E-state index in [0.29, 0.717) is 16.7 Å². The lowest BCUT2D eigenvalue weighted by Gasteiger charge is -2.20. The molecule has 39 heavy (non-hydrogen) atoms. The first-order valence-electron chi connectivity index (χ1n) is 11.8. The van der Waals surface area contributed by atoms with Crippen molar-refractivity contribution in [3.8, 4) is 0 Å². The van der Waals surface area contributed by atoms with Crippen molar-refractivity contribution in [2.45, 2.75) is 32.8 Å². The predicted octanol–water partition coefficient (Wildman–Crippen LogP) is 2.99. The second kappa shape index (κ2) is 12.9. The third kappa shape index (κ3) is 7.93. The summed E-state index contributed by atoms with van der Waals surface area (Å²) in [7, 11) is -2.68. The minimum Gasteiger partial charge on any atom is -0.477 e. The van der Waals surface area contributed by atoms with Crippen molar-refractivity contribution in [3.05, 3.63) is 64.3 Å². The molecule has 0 spiro atoms. The number of nitrogens with zero attached hydrogens (tertiary/aromatic N) is 2. The molecular weight excluding hydrogens is 542 g/mol. The Bertz CT molecular complexity index is 1440. The van der Waals surface area contributed by atoms with E-state index in [1.807, 2.05) is 26.0 Å². The van der Waals surface area contributed by atoms with E-state index >= 15 is 0 Å². The first-order chi connectivity index (χ1) is 18.4. The zero-order valence-corrected chi connectivity index (χ0v) is 21.9. The number of carboxylic acids is 1. The highest BCUT2D eigenvalue weighted by Gasteiger charge is 2.39. The molecule has 0 bridgehead atoms. The third-order valence-electron chi connectivity index (χ3n) is 5.64. The molecule has 3 rings (SSSR count). The molecule has 0 saturated carbocycles. The Hall–Kier alpha value is -3.64. The Morgan fingerprint density at radius 3 is 2.56 bits per heavy atom.